The Hall–Kier alpha value is -0.300. The van der Waals surface area contributed by atoms with Gasteiger partial charge in [-0.05, 0) is 25.2 Å². The van der Waals surface area contributed by atoms with E-state index < -0.39 is 12.2 Å². The first-order chi connectivity index (χ1) is 12.5. The van der Waals surface area contributed by atoms with E-state index >= 15 is 0 Å². The number of hydrogen-bond donors (Lipinski definition) is 3. The fourth-order valence-corrected chi connectivity index (χ4v) is 5.20. The van der Waals surface area contributed by atoms with Gasteiger partial charge in [-0.25, -0.2) is 0 Å². The van der Waals surface area contributed by atoms with E-state index in [1.54, 1.807) is 11.8 Å². The van der Waals surface area contributed by atoms with Crippen LogP contribution < -0.4 is 0 Å². The van der Waals surface area contributed by atoms with Gasteiger partial charge in [0, 0.05) is 23.8 Å². The summed E-state index contributed by atoms with van der Waals surface area (Å²) in [6.07, 6.45) is 8.53. The van der Waals surface area contributed by atoms with E-state index in [0.29, 0.717) is 18.6 Å². The van der Waals surface area contributed by atoms with Gasteiger partial charge >= 0.3 is 5.97 Å². The van der Waals surface area contributed by atoms with Crippen LogP contribution in [0.1, 0.15) is 77.6 Å². The van der Waals surface area contributed by atoms with Crippen molar-refractivity contribution in [3.05, 3.63) is 0 Å². The van der Waals surface area contributed by atoms with E-state index in [1.165, 1.54) is 7.11 Å². The van der Waals surface area contributed by atoms with Gasteiger partial charge in [-0.3, -0.25) is 4.79 Å². The van der Waals surface area contributed by atoms with Gasteiger partial charge in [0.25, 0.3) is 0 Å². The average Bonchev–Trinajstić information content (AvgIpc) is 2.89. The molecule has 26 heavy (non-hydrogen) atoms. The highest BCUT2D eigenvalue weighted by Crippen LogP contribution is 2.39. The second-order valence-corrected chi connectivity index (χ2v) is 8.72. The summed E-state index contributed by atoms with van der Waals surface area (Å²) in [6, 6.07) is 0. The van der Waals surface area contributed by atoms with Crippen LogP contribution in [-0.2, 0) is 9.53 Å². The van der Waals surface area contributed by atoms with Gasteiger partial charge in [-0.2, -0.15) is 11.8 Å². The quantitative estimate of drug-likeness (QED) is 0.312. The molecule has 6 heteroatoms. The van der Waals surface area contributed by atoms with E-state index in [0.717, 1.165) is 57.8 Å². The Labute approximate surface area is 162 Å². The predicted octanol–water partition coefficient (Wildman–Crippen LogP) is 3.28. The molecule has 1 aliphatic carbocycles. The minimum atomic E-state index is -0.484. The monoisotopic (exact) mass is 390 g/mol. The summed E-state index contributed by atoms with van der Waals surface area (Å²) < 4.78 is 4.63. The maximum atomic E-state index is 11.1. The van der Waals surface area contributed by atoms with Crippen molar-refractivity contribution in [3.8, 4) is 0 Å². The van der Waals surface area contributed by atoms with E-state index in [4.69, 9.17) is 0 Å². The molecule has 154 valence electrons. The van der Waals surface area contributed by atoms with Gasteiger partial charge < -0.3 is 20.1 Å². The highest BCUT2D eigenvalue weighted by atomic mass is 32.2. The van der Waals surface area contributed by atoms with E-state index in [9.17, 15) is 20.1 Å². The van der Waals surface area contributed by atoms with Crippen molar-refractivity contribution in [3.63, 3.8) is 0 Å². The summed E-state index contributed by atoms with van der Waals surface area (Å²) in [6.45, 7) is 2.15. The normalized spacial score (nSPS) is 26.8. The number of rotatable bonds is 14. The topological polar surface area (TPSA) is 87.0 Å². The Morgan fingerprint density at radius 1 is 1.12 bits per heavy atom. The summed E-state index contributed by atoms with van der Waals surface area (Å²) in [5.74, 6) is 0.570. The highest BCUT2D eigenvalue weighted by molar-refractivity contribution is 8.00. The third kappa shape index (κ3) is 9.07. The van der Waals surface area contributed by atoms with Crippen molar-refractivity contribution < 1.29 is 24.9 Å². The maximum Gasteiger partial charge on any atom is 0.305 e. The molecule has 0 heterocycles. The molecule has 0 bridgehead atoms. The van der Waals surface area contributed by atoms with E-state index in [-0.39, 0.29) is 23.2 Å². The first-order valence-corrected chi connectivity index (χ1v) is 11.3. The zero-order valence-electron chi connectivity index (χ0n) is 16.4. The van der Waals surface area contributed by atoms with Gasteiger partial charge in [-0.15, -0.1) is 0 Å². The number of methoxy groups -OCH3 is 1. The standard InChI is InChI=1S/C20H38O5S/c1-3-4-7-10-15(21)14-26-20-16(17(22)13-18(20)23)11-8-5-6-9-12-19(24)25-2/h15-18,20-23H,3-14H2,1-2H3/t15?,16-,17?,18?,20+/m0/s1. The molecule has 1 aliphatic rings. The molecule has 1 rings (SSSR count). The van der Waals surface area contributed by atoms with Gasteiger partial charge in [0.15, 0.2) is 0 Å². The fourth-order valence-electron chi connectivity index (χ4n) is 3.69. The number of hydrogen-bond acceptors (Lipinski definition) is 6. The molecule has 5 atom stereocenters. The minimum Gasteiger partial charge on any atom is -0.469 e. The molecular weight excluding hydrogens is 352 g/mol. The largest absolute Gasteiger partial charge is 0.469 e. The van der Waals surface area contributed by atoms with E-state index in [2.05, 4.69) is 11.7 Å². The first kappa shape index (κ1) is 23.7. The lowest BCUT2D eigenvalue weighted by molar-refractivity contribution is -0.140. The van der Waals surface area contributed by atoms with Crippen LogP contribution in [0.4, 0.5) is 0 Å². The third-order valence-corrected chi connectivity index (χ3v) is 6.92. The molecule has 5 nitrogen and oxygen atoms in total. The fraction of sp³-hybridized carbons (Fsp3) is 0.950. The first-order valence-electron chi connectivity index (χ1n) is 10.2. The Bertz CT molecular complexity index is 379. The molecule has 0 aromatic rings. The van der Waals surface area contributed by atoms with E-state index in [1.807, 2.05) is 0 Å². The SMILES string of the molecule is CCCCCC(O)CS[C@H]1C(O)CC(O)[C@@H]1CCCCCCC(=O)OC. The summed E-state index contributed by atoms with van der Waals surface area (Å²) in [7, 11) is 1.41. The Morgan fingerprint density at radius 3 is 2.54 bits per heavy atom. The van der Waals surface area contributed by atoms with Crippen LogP contribution in [0.5, 0.6) is 0 Å². The van der Waals surface area contributed by atoms with Crippen LogP contribution in [-0.4, -0.2) is 57.7 Å². The third-order valence-electron chi connectivity index (χ3n) is 5.30. The molecule has 0 spiro atoms. The lowest BCUT2D eigenvalue weighted by atomic mass is 9.97. The molecule has 0 saturated heterocycles. The lowest BCUT2D eigenvalue weighted by Crippen LogP contribution is -2.27. The number of carbonyl (C=O) groups excluding carboxylic acids is 1. The van der Waals surface area contributed by atoms with Gasteiger partial charge in [0.2, 0.25) is 0 Å². The summed E-state index contributed by atoms with van der Waals surface area (Å²) in [5, 5.41) is 30.7. The van der Waals surface area contributed by atoms with Crippen LogP contribution in [0, 0.1) is 5.92 Å². The molecule has 0 amide bonds. The van der Waals surface area contributed by atoms with Crippen molar-refractivity contribution in [2.75, 3.05) is 12.9 Å². The van der Waals surface area contributed by atoms with Gasteiger partial charge in [-0.1, -0.05) is 45.4 Å². The number of aliphatic hydroxyl groups excluding tert-OH is 3. The lowest BCUT2D eigenvalue weighted by Gasteiger charge is -2.24. The zero-order valence-corrected chi connectivity index (χ0v) is 17.3. The zero-order chi connectivity index (χ0) is 19.4. The highest BCUT2D eigenvalue weighted by Gasteiger charge is 2.41. The predicted molar refractivity (Wildman–Crippen MR) is 106 cm³/mol. The summed E-state index contributed by atoms with van der Waals surface area (Å²) >= 11 is 1.62. The second kappa shape index (κ2) is 13.8. The van der Waals surface area contributed by atoms with Crippen molar-refractivity contribution in [1.82, 2.24) is 0 Å². The van der Waals surface area contributed by atoms with Crippen molar-refractivity contribution >= 4 is 17.7 Å². The van der Waals surface area contributed by atoms with Crippen LogP contribution >= 0.6 is 11.8 Å². The number of unbranched alkanes of at least 4 members (excludes halogenated alkanes) is 5. The Kier molecular flexibility index (Phi) is 12.6. The molecular formula is C20H38O5S. The molecule has 0 radical (unpaired) electrons. The van der Waals surface area contributed by atoms with Gasteiger partial charge in [0.1, 0.15) is 0 Å². The molecule has 3 unspecified atom stereocenters. The molecule has 1 saturated carbocycles. The molecule has 3 N–H and O–H groups in total. The Morgan fingerprint density at radius 2 is 1.85 bits per heavy atom. The maximum absolute atomic E-state index is 11.1. The Balaban J connectivity index is 2.27. The average molecular weight is 391 g/mol. The number of thioether (sulfide) groups is 1. The molecule has 0 aromatic carbocycles. The number of ether oxygens (including phenoxy) is 1. The minimum absolute atomic E-state index is 0.0147. The number of esters is 1. The smallest absolute Gasteiger partial charge is 0.305 e. The second-order valence-electron chi connectivity index (χ2n) is 7.51. The van der Waals surface area contributed by atoms with Crippen molar-refractivity contribution in [1.29, 1.82) is 0 Å². The van der Waals surface area contributed by atoms with Crippen LogP contribution in [0.25, 0.3) is 0 Å². The van der Waals surface area contributed by atoms with Crippen LogP contribution in [0.2, 0.25) is 0 Å². The number of aliphatic hydroxyl groups is 3. The van der Waals surface area contributed by atoms with Crippen LogP contribution in [0.3, 0.4) is 0 Å². The van der Waals surface area contributed by atoms with Crippen molar-refractivity contribution in [2.45, 2.75) is 101 Å². The van der Waals surface area contributed by atoms with Crippen molar-refractivity contribution in [2.24, 2.45) is 5.92 Å². The molecule has 0 aliphatic heterocycles. The summed E-state index contributed by atoms with van der Waals surface area (Å²) in [5.41, 5.74) is 0. The number of carbonyl (C=O) groups is 1. The van der Waals surface area contributed by atoms with Gasteiger partial charge in [0.05, 0.1) is 25.4 Å². The molecule has 1 fully saturated rings. The summed E-state index contributed by atoms with van der Waals surface area (Å²) in [4.78, 5) is 11.1. The molecule has 0 aromatic heterocycles. The van der Waals surface area contributed by atoms with Crippen LogP contribution in [0.15, 0.2) is 0 Å².